The lowest BCUT2D eigenvalue weighted by molar-refractivity contribution is 0.336. The predicted octanol–water partition coefficient (Wildman–Crippen LogP) is 3.37. The van der Waals surface area contributed by atoms with Gasteiger partial charge in [-0.15, -0.1) is 0 Å². The lowest BCUT2D eigenvalue weighted by atomic mass is 9.89. The third-order valence-electron chi connectivity index (χ3n) is 3.96. The molecule has 106 valence electrons. The molecule has 0 spiro atoms. The molecule has 3 nitrogen and oxygen atoms in total. The van der Waals surface area contributed by atoms with Gasteiger partial charge >= 0.3 is 0 Å². The molecule has 0 aromatic heterocycles. The fourth-order valence-corrected chi connectivity index (χ4v) is 2.90. The Hall–Kier alpha value is -1.22. The van der Waals surface area contributed by atoms with Gasteiger partial charge in [0.2, 0.25) is 0 Å². The van der Waals surface area contributed by atoms with Crippen LogP contribution in [0.1, 0.15) is 37.7 Å². The lowest BCUT2D eigenvalue weighted by Gasteiger charge is -2.22. The SMILES string of the molecule is COc1cccc(CNCC2CCCCC2)c1OC. The minimum Gasteiger partial charge on any atom is -0.493 e. The number of benzene rings is 1. The maximum atomic E-state index is 5.44. The van der Waals surface area contributed by atoms with Gasteiger partial charge in [0, 0.05) is 12.1 Å². The van der Waals surface area contributed by atoms with Crippen molar-refractivity contribution in [2.24, 2.45) is 5.92 Å². The number of ether oxygens (including phenoxy) is 2. The summed E-state index contributed by atoms with van der Waals surface area (Å²) in [6.45, 7) is 1.96. The highest BCUT2D eigenvalue weighted by Gasteiger charge is 2.14. The summed E-state index contributed by atoms with van der Waals surface area (Å²) in [6, 6.07) is 6.04. The second-order valence-corrected chi connectivity index (χ2v) is 5.29. The number of rotatable bonds is 6. The third kappa shape index (κ3) is 3.87. The van der Waals surface area contributed by atoms with Gasteiger partial charge in [-0.3, -0.25) is 0 Å². The molecule has 0 radical (unpaired) electrons. The summed E-state index contributed by atoms with van der Waals surface area (Å²) in [6.07, 6.45) is 6.97. The molecular formula is C16H25NO2. The second-order valence-electron chi connectivity index (χ2n) is 5.29. The number of methoxy groups -OCH3 is 2. The van der Waals surface area contributed by atoms with E-state index in [1.165, 1.54) is 32.1 Å². The highest BCUT2D eigenvalue weighted by Crippen LogP contribution is 2.30. The number of hydrogen-bond donors (Lipinski definition) is 1. The van der Waals surface area contributed by atoms with Crippen molar-refractivity contribution in [1.82, 2.24) is 5.32 Å². The molecule has 0 atom stereocenters. The van der Waals surface area contributed by atoms with Gasteiger partial charge in [-0.2, -0.15) is 0 Å². The summed E-state index contributed by atoms with van der Waals surface area (Å²) >= 11 is 0. The molecule has 0 heterocycles. The molecule has 0 amide bonds. The molecule has 19 heavy (non-hydrogen) atoms. The van der Waals surface area contributed by atoms with Crippen LogP contribution in [0.4, 0.5) is 0 Å². The molecule has 1 aromatic carbocycles. The van der Waals surface area contributed by atoms with Crippen LogP contribution in [0, 0.1) is 5.92 Å². The summed E-state index contributed by atoms with van der Waals surface area (Å²) in [5, 5.41) is 3.56. The van der Waals surface area contributed by atoms with E-state index in [4.69, 9.17) is 9.47 Å². The van der Waals surface area contributed by atoms with Crippen molar-refractivity contribution in [3.63, 3.8) is 0 Å². The van der Waals surface area contributed by atoms with Crippen molar-refractivity contribution in [3.05, 3.63) is 23.8 Å². The molecule has 2 rings (SSSR count). The number of para-hydroxylation sites is 1. The van der Waals surface area contributed by atoms with Gasteiger partial charge in [0.05, 0.1) is 14.2 Å². The van der Waals surface area contributed by atoms with Crippen LogP contribution in [0.15, 0.2) is 18.2 Å². The molecule has 0 unspecified atom stereocenters. The van der Waals surface area contributed by atoms with Crippen LogP contribution in [0.5, 0.6) is 11.5 Å². The van der Waals surface area contributed by atoms with E-state index in [0.29, 0.717) is 0 Å². The van der Waals surface area contributed by atoms with Crippen LogP contribution in [0.25, 0.3) is 0 Å². The Morgan fingerprint density at radius 3 is 2.58 bits per heavy atom. The first-order valence-electron chi connectivity index (χ1n) is 7.25. The fraction of sp³-hybridized carbons (Fsp3) is 0.625. The molecule has 1 fully saturated rings. The topological polar surface area (TPSA) is 30.5 Å². The highest BCUT2D eigenvalue weighted by molar-refractivity contribution is 5.46. The van der Waals surface area contributed by atoms with E-state index in [1.807, 2.05) is 12.1 Å². The van der Waals surface area contributed by atoms with E-state index in [1.54, 1.807) is 14.2 Å². The van der Waals surface area contributed by atoms with Crippen LogP contribution in [-0.2, 0) is 6.54 Å². The molecular weight excluding hydrogens is 238 g/mol. The van der Waals surface area contributed by atoms with Crippen molar-refractivity contribution in [2.45, 2.75) is 38.6 Å². The van der Waals surface area contributed by atoms with Crippen LogP contribution in [0.3, 0.4) is 0 Å². The first-order chi connectivity index (χ1) is 9.35. The Kier molecular flexibility index (Phi) is 5.52. The maximum Gasteiger partial charge on any atom is 0.165 e. The van der Waals surface area contributed by atoms with E-state index in [2.05, 4.69) is 11.4 Å². The number of hydrogen-bond acceptors (Lipinski definition) is 3. The standard InChI is InChI=1S/C16H25NO2/c1-18-15-10-6-9-14(16(15)19-2)12-17-11-13-7-4-3-5-8-13/h6,9-10,13,17H,3-5,7-8,11-12H2,1-2H3. The van der Waals surface area contributed by atoms with Crippen LogP contribution >= 0.6 is 0 Å². The predicted molar refractivity (Wildman–Crippen MR) is 77.8 cm³/mol. The third-order valence-corrected chi connectivity index (χ3v) is 3.96. The molecule has 1 aromatic rings. The van der Waals surface area contributed by atoms with Crippen molar-refractivity contribution in [3.8, 4) is 11.5 Å². The second kappa shape index (κ2) is 7.39. The van der Waals surface area contributed by atoms with Crippen LogP contribution < -0.4 is 14.8 Å². The molecule has 1 N–H and O–H groups in total. The van der Waals surface area contributed by atoms with E-state index < -0.39 is 0 Å². The van der Waals surface area contributed by atoms with Crippen molar-refractivity contribution >= 4 is 0 Å². The zero-order chi connectivity index (χ0) is 13.5. The van der Waals surface area contributed by atoms with Crippen LogP contribution in [0.2, 0.25) is 0 Å². The first kappa shape index (κ1) is 14.2. The molecule has 0 saturated heterocycles. The average molecular weight is 263 g/mol. The Balaban J connectivity index is 1.88. The highest BCUT2D eigenvalue weighted by atomic mass is 16.5. The summed E-state index contributed by atoms with van der Waals surface area (Å²) in [7, 11) is 3.37. The van der Waals surface area contributed by atoms with Crippen molar-refractivity contribution in [1.29, 1.82) is 0 Å². The van der Waals surface area contributed by atoms with Gasteiger partial charge in [0.25, 0.3) is 0 Å². The number of nitrogens with one attached hydrogen (secondary N) is 1. The maximum absolute atomic E-state index is 5.44. The van der Waals surface area contributed by atoms with Crippen molar-refractivity contribution in [2.75, 3.05) is 20.8 Å². The zero-order valence-corrected chi connectivity index (χ0v) is 12.1. The molecule has 0 aliphatic heterocycles. The summed E-state index contributed by atoms with van der Waals surface area (Å²) in [5.74, 6) is 2.51. The molecule has 1 aliphatic carbocycles. The smallest absolute Gasteiger partial charge is 0.165 e. The van der Waals surface area contributed by atoms with E-state index in [9.17, 15) is 0 Å². The van der Waals surface area contributed by atoms with E-state index >= 15 is 0 Å². The minimum atomic E-state index is 0.805. The monoisotopic (exact) mass is 263 g/mol. The first-order valence-corrected chi connectivity index (χ1v) is 7.25. The molecule has 3 heteroatoms. The molecule has 1 saturated carbocycles. The Morgan fingerprint density at radius 1 is 1.11 bits per heavy atom. The van der Waals surface area contributed by atoms with E-state index in [-0.39, 0.29) is 0 Å². The Morgan fingerprint density at radius 2 is 1.89 bits per heavy atom. The van der Waals surface area contributed by atoms with Gasteiger partial charge in [-0.1, -0.05) is 31.4 Å². The lowest BCUT2D eigenvalue weighted by Crippen LogP contribution is -2.24. The van der Waals surface area contributed by atoms with Gasteiger partial charge in [0.15, 0.2) is 11.5 Å². The van der Waals surface area contributed by atoms with Gasteiger partial charge in [-0.05, 0) is 31.4 Å². The van der Waals surface area contributed by atoms with Crippen LogP contribution in [-0.4, -0.2) is 20.8 Å². The van der Waals surface area contributed by atoms with Gasteiger partial charge in [-0.25, -0.2) is 0 Å². The quantitative estimate of drug-likeness (QED) is 0.853. The molecule has 0 bridgehead atoms. The molecule has 1 aliphatic rings. The summed E-state index contributed by atoms with van der Waals surface area (Å²) < 4.78 is 10.8. The Labute approximate surface area is 116 Å². The van der Waals surface area contributed by atoms with Gasteiger partial charge < -0.3 is 14.8 Å². The summed E-state index contributed by atoms with van der Waals surface area (Å²) in [4.78, 5) is 0. The largest absolute Gasteiger partial charge is 0.493 e. The minimum absolute atomic E-state index is 0.805. The average Bonchev–Trinajstić information content (AvgIpc) is 2.48. The van der Waals surface area contributed by atoms with Crippen molar-refractivity contribution < 1.29 is 9.47 Å². The van der Waals surface area contributed by atoms with E-state index in [0.717, 1.165) is 36.1 Å². The zero-order valence-electron chi connectivity index (χ0n) is 12.1. The fourth-order valence-electron chi connectivity index (χ4n) is 2.90. The summed E-state index contributed by atoms with van der Waals surface area (Å²) in [5.41, 5.74) is 1.16. The van der Waals surface area contributed by atoms with Gasteiger partial charge in [0.1, 0.15) is 0 Å². The normalized spacial score (nSPS) is 16.3. The Bertz CT molecular complexity index is 386.